The van der Waals surface area contributed by atoms with Gasteiger partial charge in [0.15, 0.2) is 0 Å². The zero-order valence-electron chi connectivity index (χ0n) is 11.7. The second-order valence-corrected chi connectivity index (χ2v) is 6.02. The number of nitrogens with zero attached hydrogens (tertiary/aromatic N) is 2. The summed E-state index contributed by atoms with van der Waals surface area (Å²) in [4.78, 5) is 1.43. The Kier molecular flexibility index (Phi) is 4.14. The molecule has 3 rings (SSSR count). The number of rotatable bonds is 6. The third kappa shape index (κ3) is 2.76. The van der Waals surface area contributed by atoms with Crippen LogP contribution in [0.2, 0.25) is 0 Å². The fraction of sp³-hybridized carbons (Fsp3) is 0.312. The van der Waals surface area contributed by atoms with Gasteiger partial charge in [-0.1, -0.05) is 25.1 Å². The molecule has 0 saturated carbocycles. The first-order valence-electron chi connectivity index (χ1n) is 7.06. The minimum atomic E-state index is 0.847. The fourth-order valence-electron chi connectivity index (χ4n) is 2.40. The van der Waals surface area contributed by atoms with Crippen molar-refractivity contribution >= 4 is 21.4 Å². The minimum absolute atomic E-state index is 0.847. The van der Waals surface area contributed by atoms with Crippen LogP contribution in [0.5, 0.6) is 0 Å². The Morgan fingerprint density at radius 1 is 1.25 bits per heavy atom. The Hall–Kier alpha value is -1.65. The summed E-state index contributed by atoms with van der Waals surface area (Å²) in [6.07, 6.45) is 5.03. The van der Waals surface area contributed by atoms with Crippen molar-refractivity contribution in [1.29, 1.82) is 0 Å². The maximum absolute atomic E-state index is 4.34. The number of thiophene rings is 1. The highest BCUT2D eigenvalue weighted by atomic mass is 32.1. The van der Waals surface area contributed by atoms with Crippen LogP contribution in [0.4, 0.5) is 0 Å². The van der Waals surface area contributed by atoms with E-state index in [-0.39, 0.29) is 0 Å². The van der Waals surface area contributed by atoms with Gasteiger partial charge in [-0.3, -0.25) is 4.68 Å². The molecule has 0 aliphatic carbocycles. The van der Waals surface area contributed by atoms with Crippen molar-refractivity contribution in [2.75, 3.05) is 6.54 Å². The molecule has 0 amide bonds. The lowest BCUT2D eigenvalue weighted by atomic mass is 10.1. The first-order valence-corrected chi connectivity index (χ1v) is 7.87. The van der Waals surface area contributed by atoms with Crippen molar-refractivity contribution in [2.45, 2.75) is 26.4 Å². The van der Waals surface area contributed by atoms with E-state index >= 15 is 0 Å². The molecule has 0 saturated heterocycles. The van der Waals surface area contributed by atoms with Crippen LogP contribution in [0.25, 0.3) is 10.1 Å². The highest BCUT2D eigenvalue weighted by Crippen LogP contribution is 2.31. The van der Waals surface area contributed by atoms with Gasteiger partial charge in [0.2, 0.25) is 0 Å². The van der Waals surface area contributed by atoms with E-state index < -0.39 is 0 Å². The zero-order valence-corrected chi connectivity index (χ0v) is 12.5. The predicted molar refractivity (Wildman–Crippen MR) is 85.2 cm³/mol. The fourth-order valence-corrected chi connectivity index (χ4v) is 3.59. The van der Waals surface area contributed by atoms with Crippen molar-refractivity contribution in [2.24, 2.45) is 0 Å². The second-order valence-electron chi connectivity index (χ2n) is 4.88. The SMILES string of the molecule is CCCNCc1sc2ccccc2c1Cn1cccn1. The van der Waals surface area contributed by atoms with Gasteiger partial charge in [-0.05, 0) is 36.0 Å². The molecule has 0 aliphatic heterocycles. The van der Waals surface area contributed by atoms with E-state index in [1.165, 1.54) is 26.9 Å². The quantitative estimate of drug-likeness (QED) is 0.701. The molecular formula is C16H19N3S. The highest BCUT2D eigenvalue weighted by Gasteiger charge is 2.12. The lowest BCUT2D eigenvalue weighted by Crippen LogP contribution is -2.14. The molecule has 0 aliphatic rings. The summed E-state index contributed by atoms with van der Waals surface area (Å²) in [5.74, 6) is 0. The third-order valence-electron chi connectivity index (χ3n) is 3.37. The molecule has 1 aromatic carbocycles. The summed E-state index contributed by atoms with van der Waals surface area (Å²) in [6, 6.07) is 10.6. The summed E-state index contributed by atoms with van der Waals surface area (Å²) in [5.41, 5.74) is 1.40. The van der Waals surface area contributed by atoms with Gasteiger partial charge >= 0.3 is 0 Å². The van der Waals surface area contributed by atoms with Crippen molar-refractivity contribution in [3.63, 3.8) is 0 Å². The first-order chi connectivity index (χ1) is 9.88. The van der Waals surface area contributed by atoms with Crippen LogP contribution in [0.15, 0.2) is 42.7 Å². The molecule has 104 valence electrons. The summed E-state index contributed by atoms with van der Waals surface area (Å²) in [5, 5.41) is 9.21. The Labute approximate surface area is 123 Å². The normalized spacial score (nSPS) is 11.2. The maximum Gasteiger partial charge on any atom is 0.0676 e. The standard InChI is InChI=1S/C16H19N3S/c1-2-8-17-11-16-14(12-19-10-5-9-18-19)13-6-3-4-7-15(13)20-16/h3-7,9-10,17H,2,8,11-12H2,1H3. The smallest absolute Gasteiger partial charge is 0.0676 e. The van der Waals surface area contributed by atoms with Crippen LogP contribution < -0.4 is 5.32 Å². The Balaban J connectivity index is 1.94. The monoisotopic (exact) mass is 285 g/mol. The van der Waals surface area contributed by atoms with Gasteiger partial charge in [0, 0.05) is 28.5 Å². The van der Waals surface area contributed by atoms with Crippen LogP contribution in [-0.4, -0.2) is 16.3 Å². The number of fused-ring (bicyclic) bond motifs is 1. The number of hydrogen-bond acceptors (Lipinski definition) is 3. The summed E-state index contributed by atoms with van der Waals surface area (Å²) in [7, 11) is 0. The largest absolute Gasteiger partial charge is 0.312 e. The van der Waals surface area contributed by atoms with Crippen LogP contribution in [0.3, 0.4) is 0 Å². The molecule has 4 heteroatoms. The molecule has 0 unspecified atom stereocenters. The predicted octanol–water partition coefficient (Wildman–Crippen LogP) is 3.65. The molecule has 3 nitrogen and oxygen atoms in total. The molecule has 1 N–H and O–H groups in total. The number of benzene rings is 1. The van der Waals surface area contributed by atoms with E-state index in [4.69, 9.17) is 0 Å². The minimum Gasteiger partial charge on any atom is -0.312 e. The molecule has 3 aromatic rings. The van der Waals surface area contributed by atoms with Gasteiger partial charge < -0.3 is 5.32 Å². The van der Waals surface area contributed by atoms with Crippen molar-refractivity contribution in [3.8, 4) is 0 Å². The van der Waals surface area contributed by atoms with Crippen molar-refractivity contribution in [1.82, 2.24) is 15.1 Å². The Bertz CT molecular complexity index is 670. The van der Waals surface area contributed by atoms with Gasteiger partial charge in [0.05, 0.1) is 6.54 Å². The molecular weight excluding hydrogens is 266 g/mol. The van der Waals surface area contributed by atoms with Crippen LogP contribution in [0, 0.1) is 0 Å². The van der Waals surface area contributed by atoms with Crippen LogP contribution >= 0.6 is 11.3 Å². The Morgan fingerprint density at radius 2 is 2.15 bits per heavy atom. The summed E-state index contributed by atoms with van der Waals surface area (Å²) >= 11 is 1.89. The second kappa shape index (κ2) is 6.20. The first kappa shape index (κ1) is 13.3. The van der Waals surface area contributed by atoms with Gasteiger partial charge in [0.25, 0.3) is 0 Å². The molecule has 0 radical (unpaired) electrons. The van der Waals surface area contributed by atoms with E-state index in [1.54, 1.807) is 0 Å². The van der Waals surface area contributed by atoms with E-state index in [0.717, 1.165) is 19.6 Å². The van der Waals surface area contributed by atoms with Gasteiger partial charge in [-0.25, -0.2) is 0 Å². The average molecular weight is 285 g/mol. The van der Waals surface area contributed by atoms with E-state index in [2.05, 4.69) is 41.6 Å². The van der Waals surface area contributed by atoms with Gasteiger partial charge in [0.1, 0.15) is 0 Å². The highest BCUT2D eigenvalue weighted by molar-refractivity contribution is 7.19. The molecule has 0 atom stereocenters. The number of aromatic nitrogens is 2. The van der Waals surface area contributed by atoms with Gasteiger partial charge in [-0.2, -0.15) is 5.10 Å². The summed E-state index contributed by atoms with van der Waals surface area (Å²) in [6.45, 7) is 5.06. The molecule has 20 heavy (non-hydrogen) atoms. The van der Waals surface area contributed by atoms with Crippen LogP contribution in [0.1, 0.15) is 23.8 Å². The van der Waals surface area contributed by atoms with Crippen molar-refractivity contribution in [3.05, 3.63) is 53.2 Å². The summed E-state index contributed by atoms with van der Waals surface area (Å²) < 4.78 is 3.36. The maximum atomic E-state index is 4.34. The zero-order chi connectivity index (χ0) is 13.8. The van der Waals surface area contributed by atoms with E-state index in [9.17, 15) is 0 Å². The van der Waals surface area contributed by atoms with Crippen molar-refractivity contribution < 1.29 is 0 Å². The third-order valence-corrected chi connectivity index (χ3v) is 4.59. The molecule has 0 spiro atoms. The number of nitrogens with one attached hydrogen (secondary N) is 1. The topological polar surface area (TPSA) is 29.9 Å². The molecule has 2 heterocycles. The van der Waals surface area contributed by atoms with Crippen LogP contribution in [-0.2, 0) is 13.1 Å². The molecule has 0 fully saturated rings. The molecule has 2 aromatic heterocycles. The van der Waals surface area contributed by atoms with E-state index in [1.807, 2.05) is 34.5 Å². The number of hydrogen-bond donors (Lipinski definition) is 1. The van der Waals surface area contributed by atoms with Gasteiger partial charge in [-0.15, -0.1) is 11.3 Å². The molecule has 0 bridgehead atoms. The van der Waals surface area contributed by atoms with E-state index in [0.29, 0.717) is 0 Å². The average Bonchev–Trinajstić information content (AvgIpc) is 3.09. The lowest BCUT2D eigenvalue weighted by molar-refractivity contribution is 0.659. The Morgan fingerprint density at radius 3 is 2.95 bits per heavy atom. The lowest BCUT2D eigenvalue weighted by Gasteiger charge is -2.06.